The molecule has 0 bridgehead atoms. The Morgan fingerprint density at radius 3 is 1.75 bits per heavy atom. The number of hydrogen-bond donors (Lipinski definition) is 1. The first-order chi connectivity index (χ1) is 11.2. The smallest absolute Gasteiger partial charge is 0.178 e. The number of fused-ring (bicyclic) bond motifs is 2. The van der Waals surface area contributed by atoms with E-state index < -0.39 is 0 Å². The normalized spacial score (nSPS) is 20.2. The van der Waals surface area contributed by atoms with Crippen LogP contribution in [0.2, 0.25) is 0 Å². The monoisotopic (exact) mass is 341 g/mol. The van der Waals surface area contributed by atoms with Crippen LogP contribution in [-0.2, 0) is 0 Å². The van der Waals surface area contributed by atoms with Crippen molar-refractivity contribution in [2.24, 2.45) is 0 Å². The van der Waals surface area contributed by atoms with Crippen molar-refractivity contribution in [1.82, 2.24) is 4.65 Å². The number of para-hydroxylation sites is 2. The van der Waals surface area contributed by atoms with Crippen molar-refractivity contribution in [1.29, 1.82) is 0 Å². The average Bonchev–Trinajstić information content (AvgIpc) is 2.73. The molecule has 0 aromatic heterocycles. The Morgan fingerprint density at radius 2 is 1.25 bits per heavy atom. The molecule has 0 amide bonds. The molecule has 2 nitrogen and oxygen atoms in total. The third kappa shape index (κ3) is 2.41. The lowest BCUT2D eigenvalue weighted by Gasteiger charge is -2.47. The molecule has 24 heavy (non-hydrogen) atoms. The van der Waals surface area contributed by atoms with E-state index >= 15 is 0 Å². The molecule has 0 atom stereocenters. The van der Waals surface area contributed by atoms with E-state index in [1.54, 1.807) is 0 Å². The summed E-state index contributed by atoms with van der Waals surface area (Å²) >= 11 is 0. The van der Waals surface area contributed by atoms with Crippen LogP contribution >= 0.6 is 0 Å². The minimum Gasteiger partial charge on any atom is -1.00 e. The van der Waals surface area contributed by atoms with E-state index in [9.17, 15) is 5.21 Å². The fourth-order valence-electron chi connectivity index (χ4n) is 4.37. The van der Waals surface area contributed by atoms with E-state index in [1.165, 1.54) is 19.3 Å². The summed E-state index contributed by atoms with van der Waals surface area (Å²) in [5, 5.41) is 12.1. The Hall–Kier alpha value is -1.61. The molecule has 2 aromatic carbocycles. The standard InChI is InChI=1S/C21H24NO.ClH/c1-21(15-7-2-8-16-21)22(23)19-11-5-3-9-17(19)13-14-18-10-4-6-12-20(18)22;/h3-6,9-14,23H,2,7-8,15-16H2,1H3;1H/q+1;/p-1. The van der Waals surface area contributed by atoms with Crippen LogP contribution in [0.1, 0.15) is 50.2 Å². The molecule has 4 rings (SSSR count). The fourth-order valence-corrected chi connectivity index (χ4v) is 4.37. The van der Waals surface area contributed by atoms with Gasteiger partial charge in [-0.15, -0.1) is 4.65 Å². The van der Waals surface area contributed by atoms with Gasteiger partial charge in [0, 0.05) is 36.1 Å². The molecule has 1 saturated carbocycles. The van der Waals surface area contributed by atoms with Crippen LogP contribution in [-0.4, -0.2) is 10.7 Å². The lowest BCUT2D eigenvalue weighted by Crippen LogP contribution is -3.00. The number of quaternary nitrogens is 1. The van der Waals surface area contributed by atoms with Gasteiger partial charge in [-0.1, -0.05) is 30.7 Å². The molecule has 2 aromatic rings. The number of halogens is 1. The predicted molar refractivity (Wildman–Crippen MR) is 96.5 cm³/mol. The van der Waals surface area contributed by atoms with Gasteiger partial charge in [0.15, 0.2) is 11.4 Å². The second-order valence-corrected chi connectivity index (χ2v) is 7.14. The average molecular weight is 342 g/mol. The van der Waals surface area contributed by atoms with Crippen molar-refractivity contribution < 1.29 is 17.6 Å². The molecular formula is C21H24ClNO. The quantitative estimate of drug-likeness (QED) is 0.791. The number of benzene rings is 2. The van der Waals surface area contributed by atoms with Crippen molar-refractivity contribution >= 4 is 23.5 Å². The molecule has 3 heteroatoms. The van der Waals surface area contributed by atoms with Crippen LogP contribution in [0.4, 0.5) is 11.4 Å². The molecule has 2 aliphatic rings. The minimum absolute atomic E-state index is 0. The maximum atomic E-state index is 12.1. The first-order valence-corrected chi connectivity index (χ1v) is 8.64. The SMILES string of the molecule is CC1([N+]2(O)c3ccccc3C=Cc3ccccc32)CCCCC1.[Cl-]. The highest BCUT2D eigenvalue weighted by Gasteiger charge is 2.53. The Labute approximate surface area is 150 Å². The molecular weight excluding hydrogens is 318 g/mol. The lowest BCUT2D eigenvalue weighted by atomic mass is 9.80. The maximum absolute atomic E-state index is 12.1. The summed E-state index contributed by atoms with van der Waals surface area (Å²) < 4.78 is -0.0770. The highest BCUT2D eigenvalue weighted by atomic mass is 35.5. The number of rotatable bonds is 1. The van der Waals surface area contributed by atoms with E-state index in [2.05, 4.69) is 43.3 Å². The summed E-state index contributed by atoms with van der Waals surface area (Å²) in [6.07, 6.45) is 10.0. The van der Waals surface area contributed by atoms with Crippen molar-refractivity contribution in [3.63, 3.8) is 0 Å². The first kappa shape index (κ1) is 17.2. The summed E-state index contributed by atoms with van der Waals surface area (Å²) in [5.41, 5.74) is 4.03. The summed E-state index contributed by atoms with van der Waals surface area (Å²) in [7, 11) is 0. The fraction of sp³-hybridized carbons (Fsp3) is 0.333. The zero-order chi connectivity index (χ0) is 15.9. The minimum atomic E-state index is -0.184. The van der Waals surface area contributed by atoms with Gasteiger partial charge in [-0.05, 0) is 44.1 Å². The van der Waals surface area contributed by atoms with Crippen LogP contribution in [0.15, 0.2) is 48.5 Å². The van der Waals surface area contributed by atoms with Crippen molar-refractivity contribution in [3.05, 3.63) is 59.7 Å². The van der Waals surface area contributed by atoms with E-state index in [4.69, 9.17) is 0 Å². The predicted octanol–water partition coefficient (Wildman–Crippen LogP) is 2.93. The number of hydroxylamine groups is 1. The van der Waals surface area contributed by atoms with Crippen LogP contribution < -0.4 is 17.1 Å². The highest BCUT2D eigenvalue weighted by molar-refractivity contribution is 5.86. The van der Waals surface area contributed by atoms with Gasteiger partial charge in [-0.2, -0.15) is 0 Å². The van der Waals surface area contributed by atoms with Gasteiger partial charge in [0.2, 0.25) is 0 Å². The van der Waals surface area contributed by atoms with E-state index in [-0.39, 0.29) is 22.6 Å². The summed E-state index contributed by atoms with van der Waals surface area (Å²) in [6.45, 7) is 2.26. The van der Waals surface area contributed by atoms with E-state index in [0.717, 1.165) is 35.3 Å². The van der Waals surface area contributed by atoms with Crippen LogP contribution in [0.25, 0.3) is 12.2 Å². The van der Waals surface area contributed by atoms with Crippen LogP contribution in [0.5, 0.6) is 0 Å². The first-order valence-electron chi connectivity index (χ1n) is 8.64. The molecule has 0 saturated heterocycles. The maximum Gasteiger partial charge on any atom is 0.178 e. The van der Waals surface area contributed by atoms with Crippen molar-refractivity contribution in [2.45, 2.75) is 44.6 Å². The molecule has 1 fully saturated rings. The largest absolute Gasteiger partial charge is 1.00 e. The van der Waals surface area contributed by atoms with Gasteiger partial charge in [-0.3, -0.25) is 0 Å². The Morgan fingerprint density at radius 1 is 0.792 bits per heavy atom. The third-order valence-corrected chi connectivity index (χ3v) is 5.73. The Kier molecular flexibility index (Phi) is 4.56. The molecule has 0 radical (unpaired) electrons. The zero-order valence-electron chi connectivity index (χ0n) is 14.1. The van der Waals surface area contributed by atoms with E-state index in [1.807, 2.05) is 24.3 Å². The summed E-state index contributed by atoms with van der Waals surface area (Å²) in [6, 6.07) is 16.6. The molecule has 126 valence electrons. The zero-order valence-corrected chi connectivity index (χ0v) is 14.8. The van der Waals surface area contributed by atoms with Gasteiger partial charge >= 0.3 is 0 Å². The van der Waals surface area contributed by atoms with Crippen molar-refractivity contribution in [3.8, 4) is 0 Å². The van der Waals surface area contributed by atoms with Gasteiger partial charge in [-0.25, -0.2) is 5.21 Å². The second kappa shape index (κ2) is 6.36. The van der Waals surface area contributed by atoms with Gasteiger partial charge in [0.25, 0.3) is 0 Å². The van der Waals surface area contributed by atoms with E-state index in [0.29, 0.717) is 0 Å². The second-order valence-electron chi connectivity index (χ2n) is 7.14. The van der Waals surface area contributed by atoms with Crippen LogP contribution in [0, 0.1) is 0 Å². The lowest BCUT2D eigenvalue weighted by molar-refractivity contribution is -0.118. The molecule has 1 N–H and O–H groups in total. The summed E-state index contributed by atoms with van der Waals surface area (Å²) in [4.78, 5) is 0. The molecule has 0 spiro atoms. The Bertz CT molecular complexity index is 712. The molecule has 1 aliphatic heterocycles. The number of hydrogen-bond acceptors (Lipinski definition) is 1. The molecule has 0 unspecified atom stereocenters. The van der Waals surface area contributed by atoms with Gasteiger partial charge in [0.1, 0.15) is 5.54 Å². The van der Waals surface area contributed by atoms with Crippen LogP contribution in [0.3, 0.4) is 0 Å². The summed E-state index contributed by atoms with van der Waals surface area (Å²) in [5.74, 6) is 0. The molecule has 1 heterocycles. The third-order valence-electron chi connectivity index (χ3n) is 5.73. The topological polar surface area (TPSA) is 20.2 Å². The Balaban J connectivity index is 0.00000169. The number of nitrogens with zero attached hydrogens (tertiary/aromatic N) is 1. The van der Waals surface area contributed by atoms with Gasteiger partial charge < -0.3 is 12.4 Å². The van der Waals surface area contributed by atoms with Crippen molar-refractivity contribution in [2.75, 3.05) is 0 Å². The van der Waals surface area contributed by atoms with Gasteiger partial charge in [0.05, 0.1) is 0 Å². The highest BCUT2D eigenvalue weighted by Crippen LogP contribution is 2.51. The molecule has 1 aliphatic carbocycles.